The van der Waals surface area contributed by atoms with E-state index in [4.69, 9.17) is 5.11 Å². The molecular formula is C15H19NO3. The number of hydrogen-bond donors (Lipinski definition) is 1. The van der Waals surface area contributed by atoms with Gasteiger partial charge < -0.3 is 10.0 Å². The van der Waals surface area contributed by atoms with Gasteiger partial charge in [0.25, 0.3) is 5.91 Å². The van der Waals surface area contributed by atoms with E-state index in [9.17, 15) is 9.59 Å². The molecule has 0 saturated carbocycles. The first-order valence-corrected chi connectivity index (χ1v) is 6.70. The second-order valence-corrected chi connectivity index (χ2v) is 5.23. The largest absolute Gasteiger partial charge is 0.478 e. The lowest BCUT2D eigenvalue weighted by Crippen LogP contribution is -2.34. The van der Waals surface area contributed by atoms with Crippen molar-refractivity contribution in [1.82, 2.24) is 4.90 Å². The van der Waals surface area contributed by atoms with Gasteiger partial charge in [-0.05, 0) is 43.0 Å². The summed E-state index contributed by atoms with van der Waals surface area (Å²) in [5, 5.41) is 8.84. The molecular weight excluding hydrogens is 242 g/mol. The van der Waals surface area contributed by atoms with Gasteiger partial charge in [-0.25, -0.2) is 4.79 Å². The molecule has 1 N–H and O–H groups in total. The summed E-state index contributed by atoms with van der Waals surface area (Å²) in [5.74, 6) is -0.433. The average Bonchev–Trinajstić information content (AvgIpc) is 2.62. The van der Waals surface area contributed by atoms with E-state index in [2.05, 4.69) is 6.92 Å². The number of benzene rings is 1. The number of rotatable bonds is 2. The molecule has 4 heteroatoms. The fraction of sp³-hybridized carbons (Fsp3) is 0.467. The minimum atomic E-state index is -0.970. The molecule has 1 aliphatic heterocycles. The molecule has 1 aromatic carbocycles. The number of carboxylic acids is 1. The number of aromatic carboxylic acids is 1. The van der Waals surface area contributed by atoms with Gasteiger partial charge in [0.15, 0.2) is 0 Å². The molecule has 0 aliphatic carbocycles. The number of carbonyl (C=O) groups excluding carboxylic acids is 1. The van der Waals surface area contributed by atoms with Crippen molar-refractivity contribution >= 4 is 11.9 Å². The highest BCUT2D eigenvalue weighted by Crippen LogP contribution is 2.18. The Morgan fingerprint density at radius 1 is 1.16 bits per heavy atom. The van der Waals surface area contributed by atoms with Crippen molar-refractivity contribution in [3.63, 3.8) is 0 Å². The van der Waals surface area contributed by atoms with Gasteiger partial charge >= 0.3 is 5.97 Å². The molecule has 0 radical (unpaired) electrons. The number of nitrogens with zero attached hydrogens (tertiary/aromatic N) is 1. The molecule has 1 unspecified atom stereocenters. The molecule has 1 aliphatic rings. The van der Waals surface area contributed by atoms with Crippen LogP contribution in [0.25, 0.3) is 0 Å². The minimum Gasteiger partial charge on any atom is -0.478 e. The van der Waals surface area contributed by atoms with Gasteiger partial charge in [-0.15, -0.1) is 0 Å². The first-order chi connectivity index (χ1) is 9.08. The van der Waals surface area contributed by atoms with Crippen molar-refractivity contribution in [3.8, 4) is 0 Å². The normalized spacial score (nSPS) is 19.8. The van der Waals surface area contributed by atoms with E-state index < -0.39 is 5.97 Å². The molecule has 1 amide bonds. The van der Waals surface area contributed by atoms with Crippen LogP contribution in [0, 0.1) is 5.92 Å². The maximum atomic E-state index is 12.4. The molecule has 1 saturated heterocycles. The van der Waals surface area contributed by atoms with E-state index in [1.807, 2.05) is 4.90 Å². The van der Waals surface area contributed by atoms with E-state index in [0.29, 0.717) is 11.5 Å². The summed E-state index contributed by atoms with van der Waals surface area (Å²) in [6, 6.07) is 6.16. The van der Waals surface area contributed by atoms with E-state index in [-0.39, 0.29) is 11.5 Å². The smallest absolute Gasteiger partial charge is 0.335 e. The summed E-state index contributed by atoms with van der Waals surface area (Å²) in [6.45, 7) is 3.75. The van der Waals surface area contributed by atoms with Crippen molar-refractivity contribution in [2.75, 3.05) is 13.1 Å². The van der Waals surface area contributed by atoms with E-state index in [1.54, 1.807) is 12.1 Å². The molecule has 4 nitrogen and oxygen atoms in total. The fourth-order valence-electron chi connectivity index (χ4n) is 2.48. The highest BCUT2D eigenvalue weighted by atomic mass is 16.4. The molecule has 0 aromatic heterocycles. The molecule has 0 spiro atoms. The van der Waals surface area contributed by atoms with Crippen molar-refractivity contribution in [2.24, 2.45) is 5.92 Å². The second-order valence-electron chi connectivity index (χ2n) is 5.23. The number of amides is 1. The van der Waals surface area contributed by atoms with Crippen LogP contribution in [0.5, 0.6) is 0 Å². The van der Waals surface area contributed by atoms with Crippen LogP contribution in [0.3, 0.4) is 0 Å². The Bertz CT molecular complexity index is 467. The quantitative estimate of drug-likeness (QED) is 0.890. The Hall–Kier alpha value is -1.84. The number of carboxylic acid groups (broad SMARTS) is 1. The molecule has 2 rings (SSSR count). The van der Waals surface area contributed by atoms with Gasteiger partial charge in [-0.1, -0.05) is 13.3 Å². The lowest BCUT2D eigenvalue weighted by atomic mass is 10.1. The predicted molar refractivity (Wildman–Crippen MR) is 72.3 cm³/mol. The van der Waals surface area contributed by atoms with Gasteiger partial charge in [0.2, 0.25) is 0 Å². The van der Waals surface area contributed by atoms with Crippen LogP contribution in [0.4, 0.5) is 0 Å². The molecule has 102 valence electrons. The Morgan fingerprint density at radius 2 is 1.79 bits per heavy atom. The number of likely N-dealkylation sites (tertiary alicyclic amines) is 1. The van der Waals surface area contributed by atoms with Crippen molar-refractivity contribution < 1.29 is 14.7 Å². The summed E-state index contributed by atoms with van der Waals surface area (Å²) in [7, 11) is 0. The summed E-state index contributed by atoms with van der Waals surface area (Å²) in [5.41, 5.74) is 0.778. The predicted octanol–water partition coefficient (Wildman–Crippen LogP) is 2.65. The van der Waals surface area contributed by atoms with Crippen LogP contribution < -0.4 is 0 Å². The van der Waals surface area contributed by atoms with Crippen LogP contribution in [-0.2, 0) is 0 Å². The van der Waals surface area contributed by atoms with Crippen molar-refractivity contribution in [1.29, 1.82) is 0 Å². The van der Waals surface area contributed by atoms with Gasteiger partial charge in [0, 0.05) is 18.7 Å². The third kappa shape index (κ3) is 3.34. The molecule has 19 heavy (non-hydrogen) atoms. The van der Waals surface area contributed by atoms with Crippen LogP contribution in [0.1, 0.15) is 46.9 Å². The van der Waals surface area contributed by atoms with Gasteiger partial charge in [0.1, 0.15) is 0 Å². The Morgan fingerprint density at radius 3 is 2.42 bits per heavy atom. The molecule has 0 bridgehead atoms. The van der Waals surface area contributed by atoms with Gasteiger partial charge in [-0.3, -0.25) is 4.79 Å². The topological polar surface area (TPSA) is 57.6 Å². The summed E-state index contributed by atoms with van der Waals surface area (Å²) < 4.78 is 0. The zero-order valence-corrected chi connectivity index (χ0v) is 11.1. The highest BCUT2D eigenvalue weighted by molar-refractivity contribution is 5.95. The zero-order valence-electron chi connectivity index (χ0n) is 11.1. The maximum Gasteiger partial charge on any atom is 0.335 e. The van der Waals surface area contributed by atoms with Gasteiger partial charge in [0.05, 0.1) is 5.56 Å². The second kappa shape index (κ2) is 5.87. The summed E-state index contributed by atoms with van der Waals surface area (Å²) >= 11 is 0. The third-order valence-electron chi connectivity index (χ3n) is 3.57. The lowest BCUT2D eigenvalue weighted by Gasteiger charge is -2.22. The van der Waals surface area contributed by atoms with E-state index >= 15 is 0 Å². The minimum absolute atomic E-state index is 0.00527. The molecule has 1 atom stereocenters. The molecule has 1 heterocycles. The van der Waals surface area contributed by atoms with Crippen LogP contribution in [0.15, 0.2) is 24.3 Å². The first kappa shape index (κ1) is 13.6. The molecule has 1 aromatic rings. The number of hydrogen-bond acceptors (Lipinski definition) is 2. The maximum absolute atomic E-state index is 12.4. The SMILES string of the molecule is CC1CCCCN(C(=O)c2ccc(C(=O)O)cc2)C1. The Balaban J connectivity index is 2.11. The summed E-state index contributed by atoms with van der Waals surface area (Å²) in [6.07, 6.45) is 3.38. The standard InChI is InChI=1S/C15H19NO3/c1-11-4-2-3-9-16(10-11)14(17)12-5-7-13(8-6-12)15(18)19/h5-8,11H,2-4,9-10H2,1H3,(H,18,19). The van der Waals surface area contributed by atoms with Crippen LogP contribution in [-0.4, -0.2) is 35.0 Å². The molecule has 1 fully saturated rings. The van der Waals surface area contributed by atoms with Crippen molar-refractivity contribution in [2.45, 2.75) is 26.2 Å². The monoisotopic (exact) mass is 261 g/mol. The van der Waals surface area contributed by atoms with E-state index in [1.165, 1.54) is 25.0 Å². The first-order valence-electron chi connectivity index (χ1n) is 6.70. The van der Waals surface area contributed by atoms with Crippen molar-refractivity contribution in [3.05, 3.63) is 35.4 Å². The van der Waals surface area contributed by atoms with E-state index in [0.717, 1.165) is 19.5 Å². The van der Waals surface area contributed by atoms with Crippen LogP contribution >= 0.6 is 0 Å². The average molecular weight is 261 g/mol. The van der Waals surface area contributed by atoms with Gasteiger partial charge in [-0.2, -0.15) is 0 Å². The number of carbonyl (C=O) groups is 2. The fourth-order valence-corrected chi connectivity index (χ4v) is 2.48. The Kier molecular flexibility index (Phi) is 4.20. The zero-order chi connectivity index (χ0) is 13.8. The highest BCUT2D eigenvalue weighted by Gasteiger charge is 2.20. The van der Waals surface area contributed by atoms with Crippen LogP contribution in [0.2, 0.25) is 0 Å². The summed E-state index contributed by atoms with van der Waals surface area (Å²) in [4.78, 5) is 25.0. The third-order valence-corrected chi connectivity index (χ3v) is 3.57. The lowest BCUT2D eigenvalue weighted by molar-refractivity contribution is 0.0693. The Labute approximate surface area is 113 Å².